The summed E-state index contributed by atoms with van der Waals surface area (Å²) in [6.07, 6.45) is 3.81. The SMILES string of the molecule is CC(NCCn1cccn1)c1cc2ccccc2s1. The average molecular weight is 271 g/mol. The van der Waals surface area contributed by atoms with Gasteiger partial charge in [-0.15, -0.1) is 11.3 Å². The minimum Gasteiger partial charge on any atom is -0.308 e. The van der Waals surface area contributed by atoms with Crippen LogP contribution in [0.2, 0.25) is 0 Å². The Hall–Kier alpha value is -1.65. The smallest absolute Gasteiger partial charge is 0.0534 e. The first-order valence-corrected chi connectivity index (χ1v) is 7.34. The molecule has 4 heteroatoms. The van der Waals surface area contributed by atoms with Gasteiger partial charge in [-0.3, -0.25) is 4.68 Å². The number of nitrogens with zero attached hydrogens (tertiary/aromatic N) is 2. The van der Waals surface area contributed by atoms with Gasteiger partial charge in [-0.1, -0.05) is 18.2 Å². The maximum atomic E-state index is 4.20. The van der Waals surface area contributed by atoms with Crippen LogP contribution in [-0.4, -0.2) is 16.3 Å². The van der Waals surface area contributed by atoms with Gasteiger partial charge < -0.3 is 5.32 Å². The van der Waals surface area contributed by atoms with Gasteiger partial charge in [-0.2, -0.15) is 5.10 Å². The predicted molar refractivity (Wildman–Crippen MR) is 80.5 cm³/mol. The van der Waals surface area contributed by atoms with Crippen LogP contribution < -0.4 is 5.32 Å². The fraction of sp³-hybridized carbons (Fsp3) is 0.267. The van der Waals surface area contributed by atoms with Crippen LogP contribution in [0.1, 0.15) is 17.8 Å². The number of aromatic nitrogens is 2. The van der Waals surface area contributed by atoms with Crippen molar-refractivity contribution in [3.8, 4) is 0 Å². The summed E-state index contributed by atoms with van der Waals surface area (Å²) in [4.78, 5) is 1.39. The Bertz CT molecular complexity index is 609. The van der Waals surface area contributed by atoms with Gasteiger partial charge in [-0.05, 0) is 30.5 Å². The largest absolute Gasteiger partial charge is 0.308 e. The summed E-state index contributed by atoms with van der Waals surface area (Å²) in [5.41, 5.74) is 0. The Kier molecular flexibility index (Phi) is 3.62. The first-order chi connectivity index (χ1) is 9.33. The number of fused-ring (bicyclic) bond motifs is 1. The van der Waals surface area contributed by atoms with Crippen molar-refractivity contribution in [2.24, 2.45) is 0 Å². The molecule has 3 nitrogen and oxygen atoms in total. The number of hydrogen-bond donors (Lipinski definition) is 1. The van der Waals surface area contributed by atoms with Crippen molar-refractivity contribution in [3.05, 3.63) is 53.7 Å². The zero-order chi connectivity index (χ0) is 13.1. The van der Waals surface area contributed by atoms with Crippen LogP contribution in [0.5, 0.6) is 0 Å². The summed E-state index contributed by atoms with van der Waals surface area (Å²) >= 11 is 1.87. The summed E-state index contributed by atoms with van der Waals surface area (Å²) in [6, 6.07) is 13.2. The van der Waals surface area contributed by atoms with E-state index in [1.807, 2.05) is 34.5 Å². The number of hydrogen-bond acceptors (Lipinski definition) is 3. The molecule has 1 atom stereocenters. The topological polar surface area (TPSA) is 29.9 Å². The van der Waals surface area contributed by atoms with Crippen molar-refractivity contribution in [1.82, 2.24) is 15.1 Å². The molecule has 98 valence electrons. The molecule has 1 unspecified atom stereocenters. The van der Waals surface area contributed by atoms with Crippen molar-refractivity contribution < 1.29 is 0 Å². The molecule has 0 saturated heterocycles. The molecule has 2 aromatic heterocycles. The molecule has 0 radical (unpaired) electrons. The van der Waals surface area contributed by atoms with Crippen molar-refractivity contribution in [2.45, 2.75) is 19.5 Å². The van der Waals surface area contributed by atoms with Crippen LogP contribution in [-0.2, 0) is 6.54 Å². The van der Waals surface area contributed by atoms with E-state index in [0.717, 1.165) is 13.1 Å². The highest BCUT2D eigenvalue weighted by atomic mass is 32.1. The third-order valence-electron chi connectivity index (χ3n) is 3.22. The highest BCUT2D eigenvalue weighted by molar-refractivity contribution is 7.19. The van der Waals surface area contributed by atoms with E-state index in [0.29, 0.717) is 6.04 Å². The summed E-state index contributed by atoms with van der Waals surface area (Å²) in [5.74, 6) is 0. The lowest BCUT2D eigenvalue weighted by atomic mass is 10.2. The summed E-state index contributed by atoms with van der Waals surface area (Å²) < 4.78 is 3.31. The van der Waals surface area contributed by atoms with E-state index in [4.69, 9.17) is 0 Å². The highest BCUT2D eigenvalue weighted by Gasteiger charge is 2.08. The summed E-state index contributed by atoms with van der Waals surface area (Å²) in [7, 11) is 0. The lowest BCUT2D eigenvalue weighted by Crippen LogP contribution is -2.22. The van der Waals surface area contributed by atoms with Crippen molar-refractivity contribution in [1.29, 1.82) is 0 Å². The number of thiophene rings is 1. The molecule has 0 amide bonds. The molecule has 1 N–H and O–H groups in total. The van der Waals surface area contributed by atoms with Crippen molar-refractivity contribution in [2.75, 3.05) is 6.54 Å². The van der Waals surface area contributed by atoms with Crippen molar-refractivity contribution >= 4 is 21.4 Å². The van der Waals surface area contributed by atoms with Crippen LogP contribution in [0.3, 0.4) is 0 Å². The van der Waals surface area contributed by atoms with Gasteiger partial charge in [0.25, 0.3) is 0 Å². The van der Waals surface area contributed by atoms with Gasteiger partial charge in [0.1, 0.15) is 0 Å². The van der Waals surface area contributed by atoms with E-state index in [2.05, 4.69) is 47.7 Å². The first-order valence-electron chi connectivity index (χ1n) is 6.52. The van der Waals surface area contributed by atoms with E-state index < -0.39 is 0 Å². The number of rotatable bonds is 5. The van der Waals surface area contributed by atoms with E-state index in [9.17, 15) is 0 Å². The van der Waals surface area contributed by atoms with Crippen molar-refractivity contribution in [3.63, 3.8) is 0 Å². The Morgan fingerprint density at radius 3 is 3.00 bits per heavy atom. The second-order valence-electron chi connectivity index (χ2n) is 4.63. The molecule has 1 aromatic carbocycles. The summed E-state index contributed by atoms with van der Waals surface area (Å²) in [6.45, 7) is 4.05. The van der Waals surface area contributed by atoms with Gasteiger partial charge in [0.15, 0.2) is 0 Å². The standard InChI is InChI=1S/C15H17N3S/c1-12(16-8-10-18-9-4-7-17-18)15-11-13-5-2-3-6-14(13)19-15/h2-7,9,11-12,16H,8,10H2,1H3. The van der Waals surface area contributed by atoms with E-state index in [-0.39, 0.29) is 0 Å². The molecule has 0 saturated carbocycles. The Balaban J connectivity index is 1.61. The molecule has 3 rings (SSSR count). The molecule has 2 heterocycles. The molecule has 3 aromatic rings. The molecule has 0 spiro atoms. The maximum absolute atomic E-state index is 4.20. The first kappa shape index (κ1) is 12.4. The highest BCUT2D eigenvalue weighted by Crippen LogP contribution is 2.29. The van der Waals surface area contributed by atoms with E-state index in [1.165, 1.54) is 15.0 Å². The van der Waals surface area contributed by atoms with Crippen LogP contribution in [0.25, 0.3) is 10.1 Å². The third kappa shape index (κ3) is 2.85. The minimum absolute atomic E-state index is 0.382. The van der Waals surface area contributed by atoms with Gasteiger partial charge in [0, 0.05) is 34.6 Å². The molecular formula is C15H17N3S. The van der Waals surface area contributed by atoms with Gasteiger partial charge in [-0.25, -0.2) is 0 Å². The van der Waals surface area contributed by atoms with Gasteiger partial charge in [0.05, 0.1) is 6.54 Å². The second-order valence-corrected chi connectivity index (χ2v) is 5.75. The lowest BCUT2D eigenvalue weighted by Gasteiger charge is -2.11. The van der Waals surface area contributed by atoms with Crippen LogP contribution in [0, 0.1) is 0 Å². The molecule has 19 heavy (non-hydrogen) atoms. The quantitative estimate of drug-likeness (QED) is 0.770. The number of nitrogens with one attached hydrogen (secondary N) is 1. The fourth-order valence-electron chi connectivity index (χ4n) is 2.14. The Morgan fingerprint density at radius 2 is 2.21 bits per heavy atom. The minimum atomic E-state index is 0.382. The monoisotopic (exact) mass is 271 g/mol. The normalized spacial score (nSPS) is 12.9. The molecule has 0 bridgehead atoms. The molecule has 0 aliphatic carbocycles. The molecular weight excluding hydrogens is 254 g/mol. The summed E-state index contributed by atoms with van der Waals surface area (Å²) in [5, 5.41) is 9.08. The van der Waals surface area contributed by atoms with Gasteiger partial charge >= 0.3 is 0 Å². The predicted octanol–water partition coefficient (Wildman–Crippen LogP) is 3.45. The Labute approximate surface area is 116 Å². The van der Waals surface area contributed by atoms with E-state index >= 15 is 0 Å². The second kappa shape index (κ2) is 5.55. The fourth-order valence-corrected chi connectivity index (χ4v) is 3.24. The average Bonchev–Trinajstić information content (AvgIpc) is 3.07. The maximum Gasteiger partial charge on any atom is 0.0534 e. The van der Waals surface area contributed by atoms with E-state index in [1.54, 1.807) is 0 Å². The van der Waals surface area contributed by atoms with Crippen LogP contribution in [0.15, 0.2) is 48.8 Å². The zero-order valence-electron chi connectivity index (χ0n) is 10.9. The third-order valence-corrected chi connectivity index (χ3v) is 4.52. The van der Waals surface area contributed by atoms with Gasteiger partial charge in [0.2, 0.25) is 0 Å². The molecule has 0 aliphatic heterocycles. The van der Waals surface area contributed by atoms with Crippen LogP contribution >= 0.6 is 11.3 Å². The number of benzene rings is 1. The molecule has 0 aliphatic rings. The van der Waals surface area contributed by atoms with Crippen LogP contribution in [0.4, 0.5) is 0 Å². The lowest BCUT2D eigenvalue weighted by molar-refractivity contribution is 0.511. The Morgan fingerprint density at radius 1 is 1.32 bits per heavy atom. The molecule has 0 fully saturated rings. The zero-order valence-corrected chi connectivity index (χ0v) is 11.7.